The van der Waals surface area contributed by atoms with Crippen molar-refractivity contribution in [2.45, 2.75) is 39.7 Å². The lowest BCUT2D eigenvalue weighted by Gasteiger charge is -2.27. The second-order valence-electron chi connectivity index (χ2n) is 6.14. The van der Waals surface area contributed by atoms with Gasteiger partial charge in [-0.2, -0.15) is 0 Å². The average molecular weight is 298 g/mol. The Balaban J connectivity index is 2.16. The molecule has 21 heavy (non-hydrogen) atoms. The minimum atomic E-state index is 0.590. The average Bonchev–Trinajstić information content (AvgIpc) is 3.27. The van der Waals surface area contributed by atoms with Gasteiger partial charge in [-0.3, -0.25) is 9.89 Å². The van der Waals surface area contributed by atoms with Gasteiger partial charge in [0.05, 0.1) is 6.61 Å². The van der Waals surface area contributed by atoms with Crippen molar-refractivity contribution in [2.75, 3.05) is 53.5 Å². The summed E-state index contributed by atoms with van der Waals surface area (Å²) >= 11 is 0. The van der Waals surface area contributed by atoms with Gasteiger partial charge in [0.25, 0.3) is 0 Å². The highest BCUT2D eigenvalue weighted by molar-refractivity contribution is 5.79. The lowest BCUT2D eigenvalue weighted by Crippen LogP contribution is -2.44. The number of rotatable bonds is 10. The third kappa shape index (κ3) is 7.67. The van der Waals surface area contributed by atoms with Gasteiger partial charge >= 0.3 is 0 Å². The van der Waals surface area contributed by atoms with E-state index in [9.17, 15) is 0 Å². The molecule has 0 radical (unpaired) electrons. The third-order valence-electron chi connectivity index (χ3n) is 4.01. The molecule has 0 saturated heterocycles. The molecule has 1 N–H and O–H groups in total. The van der Waals surface area contributed by atoms with E-state index in [0.29, 0.717) is 6.04 Å². The van der Waals surface area contributed by atoms with Crippen molar-refractivity contribution in [3.05, 3.63) is 0 Å². The van der Waals surface area contributed by atoms with Crippen LogP contribution in [0.5, 0.6) is 0 Å². The van der Waals surface area contributed by atoms with E-state index >= 15 is 0 Å². The summed E-state index contributed by atoms with van der Waals surface area (Å²) < 4.78 is 5.68. The molecule has 0 heterocycles. The zero-order valence-corrected chi connectivity index (χ0v) is 14.6. The van der Waals surface area contributed by atoms with Crippen LogP contribution in [0, 0.1) is 5.92 Å². The predicted molar refractivity (Wildman–Crippen MR) is 89.9 cm³/mol. The Morgan fingerprint density at radius 3 is 2.57 bits per heavy atom. The Bertz CT molecular complexity index is 303. The molecule has 0 aromatic rings. The molecule has 5 heteroatoms. The van der Waals surface area contributed by atoms with Crippen molar-refractivity contribution in [1.82, 2.24) is 15.1 Å². The minimum absolute atomic E-state index is 0.590. The van der Waals surface area contributed by atoms with E-state index in [2.05, 4.69) is 47.9 Å². The van der Waals surface area contributed by atoms with Crippen molar-refractivity contribution in [1.29, 1.82) is 0 Å². The first-order valence-electron chi connectivity index (χ1n) is 8.32. The second kappa shape index (κ2) is 10.0. The summed E-state index contributed by atoms with van der Waals surface area (Å²) in [7, 11) is 3.90. The quantitative estimate of drug-likeness (QED) is 0.378. The number of ether oxygens (including phenoxy) is 1. The molecule has 0 spiro atoms. The van der Waals surface area contributed by atoms with E-state index in [4.69, 9.17) is 4.74 Å². The van der Waals surface area contributed by atoms with Gasteiger partial charge in [-0.1, -0.05) is 6.92 Å². The van der Waals surface area contributed by atoms with Crippen LogP contribution in [-0.4, -0.2) is 75.3 Å². The molecular formula is C16H34N4O. The van der Waals surface area contributed by atoms with Gasteiger partial charge in [-0.15, -0.1) is 0 Å². The maximum absolute atomic E-state index is 5.68. The highest BCUT2D eigenvalue weighted by atomic mass is 16.5. The summed E-state index contributed by atoms with van der Waals surface area (Å²) in [6, 6.07) is 0.590. The van der Waals surface area contributed by atoms with Gasteiger partial charge in [0.2, 0.25) is 0 Å². The van der Waals surface area contributed by atoms with Crippen LogP contribution in [0.15, 0.2) is 4.99 Å². The molecule has 1 aliphatic carbocycles. The molecule has 0 unspecified atom stereocenters. The predicted octanol–water partition coefficient (Wildman–Crippen LogP) is 1.65. The van der Waals surface area contributed by atoms with Gasteiger partial charge in [-0.05, 0) is 39.2 Å². The maximum atomic E-state index is 5.68. The normalized spacial score (nSPS) is 15.9. The lowest BCUT2D eigenvalue weighted by atomic mass is 10.3. The van der Waals surface area contributed by atoms with Crippen LogP contribution in [-0.2, 0) is 4.74 Å². The SMILES string of the molecule is CCN(CCNC(=NC)N(C)CCOCC1CC1)C(C)C. The van der Waals surface area contributed by atoms with Crippen LogP contribution < -0.4 is 5.32 Å². The fraction of sp³-hybridized carbons (Fsp3) is 0.938. The van der Waals surface area contributed by atoms with Crippen LogP contribution in [0.3, 0.4) is 0 Å². The molecule has 1 rings (SSSR count). The monoisotopic (exact) mass is 298 g/mol. The number of nitrogens with zero attached hydrogens (tertiary/aromatic N) is 3. The van der Waals surface area contributed by atoms with Gasteiger partial charge in [0.1, 0.15) is 0 Å². The van der Waals surface area contributed by atoms with Crippen LogP contribution in [0.4, 0.5) is 0 Å². The van der Waals surface area contributed by atoms with E-state index in [1.807, 2.05) is 7.05 Å². The van der Waals surface area contributed by atoms with Crippen molar-refractivity contribution in [2.24, 2.45) is 10.9 Å². The highest BCUT2D eigenvalue weighted by Gasteiger charge is 2.21. The summed E-state index contributed by atoms with van der Waals surface area (Å²) in [5.74, 6) is 1.79. The van der Waals surface area contributed by atoms with Crippen LogP contribution >= 0.6 is 0 Å². The number of guanidine groups is 1. The van der Waals surface area contributed by atoms with Gasteiger partial charge < -0.3 is 15.0 Å². The topological polar surface area (TPSA) is 40.1 Å². The molecule has 124 valence electrons. The Morgan fingerprint density at radius 1 is 1.33 bits per heavy atom. The van der Waals surface area contributed by atoms with Crippen LogP contribution in [0.2, 0.25) is 0 Å². The fourth-order valence-electron chi connectivity index (χ4n) is 2.32. The summed E-state index contributed by atoms with van der Waals surface area (Å²) in [5, 5.41) is 3.43. The Morgan fingerprint density at radius 2 is 2.05 bits per heavy atom. The number of likely N-dealkylation sites (N-methyl/N-ethyl adjacent to an activating group) is 2. The van der Waals surface area contributed by atoms with Crippen LogP contribution in [0.25, 0.3) is 0 Å². The van der Waals surface area contributed by atoms with E-state index < -0.39 is 0 Å². The fourth-order valence-corrected chi connectivity index (χ4v) is 2.32. The van der Waals surface area contributed by atoms with Crippen molar-refractivity contribution < 1.29 is 4.74 Å². The van der Waals surface area contributed by atoms with Crippen molar-refractivity contribution in [3.8, 4) is 0 Å². The van der Waals surface area contributed by atoms with Crippen LogP contribution in [0.1, 0.15) is 33.6 Å². The number of nitrogens with one attached hydrogen (secondary N) is 1. The molecule has 0 aliphatic heterocycles. The summed E-state index contributed by atoms with van der Waals surface area (Å²) in [6.07, 6.45) is 2.70. The third-order valence-corrected chi connectivity index (χ3v) is 4.01. The summed E-state index contributed by atoms with van der Waals surface area (Å²) in [5.41, 5.74) is 0. The van der Waals surface area contributed by atoms with Crippen molar-refractivity contribution >= 4 is 5.96 Å². The molecule has 1 aliphatic rings. The number of aliphatic imine (C=N–C) groups is 1. The van der Waals surface area contributed by atoms with Gasteiger partial charge in [0.15, 0.2) is 5.96 Å². The molecule has 1 fully saturated rings. The molecule has 0 aromatic carbocycles. The molecule has 0 atom stereocenters. The Labute approximate surface area is 130 Å². The highest BCUT2D eigenvalue weighted by Crippen LogP contribution is 2.28. The molecule has 1 saturated carbocycles. The lowest BCUT2D eigenvalue weighted by molar-refractivity contribution is 0.115. The van der Waals surface area contributed by atoms with E-state index in [-0.39, 0.29) is 0 Å². The number of hydrogen-bond donors (Lipinski definition) is 1. The first kappa shape index (κ1) is 18.2. The Kier molecular flexibility index (Phi) is 8.69. The first-order valence-corrected chi connectivity index (χ1v) is 8.32. The van der Waals surface area contributed by atoms with E-state index in [1.165, 1.54) is 12.8 Å². The smallest absolute Gasteiger partial charge is 0.193 e. The molecule has 0 bridgehead atoms. The van der Waals surface area contributed by atoms with E-state index in [1.54, 1.807) is 0 Å². The Hall–Kier alpha value is -0.810. The summed E-state index contributed by atoms with van der Waals surface area (Å²) in [4.78, 5) is 8.92. The second-order valence-corrected chi connectivity index (χ2v) is 6.14. The zero-order chi connectivity index (χ0) is 15.7. The molecule has 0 amide bonds. The largest absolute Gasteiger partial charge is 0.379 e. The maximum Gasteiger partial charge on any atom is 0.193 e. The molecule has 0 aromatic heterocycles. The number of hydrogen-bond acceptors (Lipinski definition) is 3. The van der Waals surface area contributed by atoms with Gasteiger partial charge in [0, 0.05) is 46.4 Å². The molecular weight excluding hydrogens is 264 g/mol. The zero-order valence-electron chi connectivity index (χ0n) is 14.6. The first-order chi connectivity index (χ1) is 10.1. The summed E-state index contributed by atoms with van der Waals surface area (Å²) in [6.45, 7) is 12.3. The van der Waals surface area contributed by atoms with E-state index in [0.717, 1.165) is 51.3 Å². The molecule has 5 nitrogen and oxygen atoms in total. The van der Waals surface area contributed by atoms with Crippen molar-refractivity contribution in [3.63, 3.8) is 0 Å². The van der Waals surface area contributed by atoms with Gasteiger partial charge in [-0.25, -0.2) is 0 Å². The minimum Gasteiger partial charge on any atom is -0.379 e. The standard InChI is InChI=1S/C16H34N4O/c1-6-20(14(2)3)10-9-18-16(17-4)19(5)11-12-21-13-15-7-8-15/h14-15H,6-13H2,1-5H3,(H,17,18).